The number of hydrogen-bond acceptors (Lipinski definition) is 1. The fourth-order valence-corrected chi connectivity index (χ4v) is 0. The fraction of sp³-hybridized carbons (Fsp3) is 0. The first-order valence-corrected chi connectivity index (χ1v) is 1.28. The Kier molecular flexibility index (Phi) is 40.8. The van der Waals surface area contributed by atoms with E-state index in [-0.39, 0.29) is 16.5 Å². The van der Waals surface area contributed by atoms with Crippen molar-refractivity contribution in [2.45, 2.75) is 0 Å². The molecule has 0 bridgehead atoms. The largest absolute Gasteiger partial charge is 0.352 e. The Hall–Kier alpha value is -0.496. The Labute approximate surface area is 52.7 Å². The fourth-order valence-electron chi connectivity index (χ4n) is 0. The normalized spacial score (nSPS) is 4.00. The molecule has 0 radical (unpaired) electrons. The Balaban J connectivity index is -0.0000000480. The SMILES string of the molecule is C=C.NC(N)=O.[Ni]. The van der Waals surface area contributed by atoms with Crippen LogP contribution in [0.3, 0.4) is 0 Å². The van der Waals surface area contributed by atoms with Crippen LogP contribution in [0.2, 0.25) is 0 Å². The van der Waals surface area contributed by atoms with Gasteiger partial charge < -0.3 is 11.5 Å². The van der Waals surface area contributed by atoms with E-state index in [1.165, 1.54) is 0 Å². The minimum atomic E-state index is -0.833. The molecule has 2 amide bonds. The molecule has 4 N–H and O–H groups in total. The zero-order chi connectivity index (χ0) is 5.58. The number of urea groups is 1. The van der Waals surface area contributed by atoms with Crippen LogP contribution in [0.5, 0.6) is 0 Å². The summed E-state index contributed by atoms with van der Waals surface area (Å²) < 4.78 is 0. The van der Waals surface area contributed by atoms with E-state index in [9.17, 15) is 0 Å². The van der Waals surface area contributed by atoms with Crippen molar-refractivity contribution in [3.05, 3.63) is 13.2 Å². The van der Waals surface area contributed by atoms with Gasteiger partial charge in [-0.25, -0.2) is 4.79 Å². The molecule has 3 nitrogen and oxygen atoms in total. The van der Waals surface area contributed by atoms with Gasteiger partial charge in [-0.15, -0.1) is 13.2 Å². The second-order valence-corrected chi connectivity index (χ2v) is 0.402. The van der Waals surface area contributed by atoms with Gasteiger partial charge in [-0.2, -0.15) is 0 Å². The van der Waals surface area contributed by atoms with Crippen molar-refractivity contribution in [2.24, 2.45) is 11.5 Å². The van der Waals surface area contributed by atoms with Gasteiger partial charge in [-0.1, -0.05) is 0 Å². The van der Waals surface area contributed by atoms with Gasteiger partial charge in [0.15, 0.2) is 0 Å². The van der Waals surface area contributed by atoms with E-state index in [0.29, 0.717) is 0 Å². The number of carbonyl (C=O) groups excluding carboxylic acids is 1. The minimum Gasteiger partial charge on any atom is -0.352 e. The molecule has 0 aliphatic heterocycles. The van der Waals surface area contributed by atoms with Crippen molar-refractivity contribution >= 4 is 6.03 Å². The smallest absolute Gasteiger partial charge is 0.309 e. The van der Waals surface area contributed by atoms with E-state index in [2.05, 4.69) is 24.6 Å². The number of amides is 2. The number of hydrogen-bond donors (Lipinski definition) is 2. The number of nitrogens with two attached hydrogens (primary N) is 2. The summed E-state index contributed by atoms with van der Waals surface area (Å²) in [5, 5.41) is 0. The third-order valence-corrected chi connectivity index (χ3v) is 0. The summed E-state index contributed by atoms with van der Waals surface area (Å²) >= 11 is 0. The van der Waals surface area contributed by atoms with Crippen molar-refractivity contribution in [3.63, 3.8) is 0 Å². The predicted molar refractivity (Wildman–Crippen MR) is 25.0 cm³/mol. The van der Waals surface area contributed by atoms with E-state index < -0.39 is 6.03 Å². The summed E-state index contributed by atoms with van der Waals surface area (Å²) in [6.45, 7) is 6.00. The van der Waals surface area contributed by atoms with E-state index in [4.69, 9.17) is 4.79 Å². The van der Waals surface area contributed by atoms with Crippen LogP contribution in [0.1, 0.15) is 0 Å². The van der Waals surface area contributed by atoms with Crippen LogP contribution in [0, 0.1) is 0 Å². The molecule has 0 unspecified atom stereocenters. The molecule has 0 aromatic heterocycles. The molecule has 4 heteroatoms. The molecular formula is C3H8N2NiO. The Bertz CT molecular complexity index is 44.2. The molecule has 0 aliphatic rings. The quantitative estimate of drug-likeness (QED) is 0.362. The van der Waals surface area contributed by atoms with E-state index in [0.717, 1.165) is 0 Å². The predicted octanol–water partition coefficient (Wildman–Crippen LogP) is -0.176. The average Bonchev–Trinajstić information content (AvgIpc) is 1.41. The summed E-state index contributed by atoms with van der Waals surface area (Å²) in [5.74, 6) is 0. The maximum absolute atomic E-state index is 9.00. The molecule has 0 saturated carbocycles. The third kappa shape index (κ3) is 274. The summed E-state index contributed by atoms with van der Waals surface area (Å²) in [7, 11) is 0. The van der Waals surface area contributed by atoms with Gasteiger partial charge in [0.2, 0.25) is 0 Å². The van der Waals surface area contributed by atoms with Crippen LogP contribution in [-0.4, -0.2) is 6.03 Å². The monoisotopic (exact) mass is 146 g/mol. The molecule has 0 aromatic rings. The molecular weight excluding hydrogens is 139 g/mol. The average molecular weight is 147 g/mol. The van der Waals surface area contributed by atoms with Gasteiger partial charge in [-0.3, -0.25) is 0 Å². The zero-order valence-corrected chi connectivity index (χ0v) is 4.78. The Morgan fingerprint density at radius 3 is 1.29 bits per heavy atom. The van der Waals surface area contributed by atoms with Crippen LogP contribution >= 0.6 is 0 Å². The zero-order valence-electron chi connectivity index (χ0n) is 3.79. The van der Waals surface area contributed by atoms with Crippen molar-refractivity contribution in [2.75, 3.05) is 0 Å². The van der Waals surface area contributed by atoms with E-state index in [1.807, 2.05) is 0 Å². The van der Waals surface area contributed by atoms with E-state index >= 15 is 0 Å². The van der Waals surface area contributed by atoms with Crippen LogP contribution in [0.4, 0.5) is 4.79 Å². The molecule has 0 fully saturated rings. The molecule has 46 valence electrons. The summed E-state index contributed by atoms with van der Waals surface area (Å²) in [4.78, 5) is 9.00. The standard InChI is InChI=1S/C2H4.CH4N2O.Ni/c1-2;2-1(3)4;/h1-2H2;(H4,2,3,4);. The molecule has 0 aromatic carbocycles. The van der Waals surface area contributed by atoms with Crippen molar-refractivity contribution in [1.82, 2.24) is 0 Å². The topological polar surface area (TPSA) is 69.1 Å². The molecule has 0 heterocycles. The van der Waals surface area contributed by atoms with Gasteiger partial charge in [-0.05, 0) is 0 Å². The maximum Gasteiger partial charge on any atom is 0.309 e. The minimum absolute atomic E-state index is 0. The molecule has 0 saturated heterocycles. The molecule has 0 spiro atoms. The van der Waals surface area contributed by atoms with Crippen molar-refractivity contribution in [1.29, 1.82) is 0 Å². The number of rotatable bonds is 0. The van der Waals surface area contributed by atoms with Crippen molar-refractivity contribution in [3.8, 4) is 0 Å². The summed E-state index contributed by atoms with van der Waals surface area (Å²) in [6.07, 6.45) is 0. The van der Waals surface area contributed by atoms with Crippen molar-refractivity contribution < 1.29 is 21.3 Å². The van der Waals surface area contributed by atoms with Crippen LogP contribution < -0.4 is 11.5 Å². The van der Waals surface area contributed by atoms with Gasteiger partial charge in [0.05, 0.1) is 0 Å². The van der Waals surface area contributed by atoms with Gasteiger partial charge in [0.25, 0.3) is 0 Å². The second kappa shape index (κ2) is 17.8. The van der Waals surface area contributed by atoms with Crippen LogP contribution in [0.15, 0.2) is 13.2 Å². The number of carbonyl (C=O) groups is 1. The van der Waals surface area contributed by atoms with Crippen LogP contribution in [0.25, 0.3) is 0 Å². The van der Waals surface area contributed by atoms with Gasteiger partial charge >= 0.3 is 6.03 Å². The Morgan fingerprint density at radius 1 is 1.29 bits per heavy atom. The summed E-state index contributed by atoms with van der Waals surface area (Å²) in [6, 6.07) is -0.833. The number of primary amides is 2. The van der Waals surface area contributed by atoms with Gasteiger partial charge in [0.1, 0.15) is 0 Å². The first-order valence-electron chi connectivity index (χ1n) is 1.28. The second-order valence-electron chi connectivity index (χ2n) is 0.402. The molecule has 0 rings (SSSR count). The maximum atomic E-state index is 9.00. The summed E-state index contributed by atoms with van der Waals surface area (Å²) in [5.41, 5.74) is 8.50. The first-order chi connectivity index (χ1) is 2.73. The third-order valence-electron chi connectivity index (χ3n) is 0. The first kappa shape index (κ1) is 16.0. The Morgan fingerprint density at radius 2 is 1.29 bits per heavy atom. The van der Waals surface area contributed by atoms with Gasteiger partial charge in [0, 0.05) is 16.5 Å². The van der Waals surface area contributed by atoms with Crippen LogP contribution in [-0.2, 0) is 16.5 Å². The molecule has 0 aliphatic carbocycles. The molecule has 7 heavy (non-hydrogen) atoms. The van der Waals surface area contributed by atoms with E-state index in [1.54, 1.807) is 0 Å². The molecule has 0 atom stereocenters.